The summed E-state index contributed by atoms with van der Waals surface area (Å²) in [4.78, 5) is 1.75. The van der Waals surface area contributed by atoms with Crippen LogP contribution < -0.4 is 4.80 Å². The van der Waals surface area contributed by atoms with E-state index < -0.39 is 10.0 Å². The highest BCUT2D eigenvalue weighted by Crippen LogP contribution is 2.28. The van der Waals surface area contributed by atoms with Crippen LogP contribution in [0.5, 0.6) is 0 Å². The lowest BCUT2D eigenvalue weighted by molar-refractivity contribution is 0.589. The second kappa shape index (κ2) is 7.25. The summed E-state index contributed by atoms with van der Waals surface area (Å²) >= 11 is 7.05. The first-order valence-corrected chi connectivity index (χ1v) is 10.2. The maximum absolute atomic E-state index is 12.6. The van der Waals surface area contributed by atoms with E-state index in [1.165, 1.54) is 16.9 Å². The number of hydrogen-bond acceptors (Lipinski definition) is 3. The first-order valence-electron chi connectivity index (χ1n) is 7.49. The molecule has 0 fully saturated rings. The van der Waals surface area contributed by atoms with Crippen LogP contribution in [-0.2, 0) is 22.0 Å². The topological polar surface area (TPSA) is 51.4 Å². The number of allylic oxidation sites excluding steroid dienone is 1. The van der Waals surface area contributed by atoms with Gasteiger partial charge in [-0.25, -0.2) is 0 Å². The minimum absolute atomic E-state index is 0.0918. The standard InChI is InChI=1S/C17H21ClN2O2S2/c1-13-15(17(2,3)4)23-16(20(13)12-8-11-18)19-24(21,22)14-9-6-5-7-10-14/h5-11H,12H2,1-4H3. The van der Waals surface area contributed by atoms with E-state index in [4.69, 9.17) is 11.6 Å². The molecule has 2 aromatic rings. The number of rotatable bonds is 4. The molecule has 24 heavy (non-hydrogen) atoms. The Labute approximate surface area is 152 Å². The Morgan fingerprint density at radius 1 is 1.25 bits per heavy atom. The third kappa shape index (κ3) is 4.18. The molecule has 0 radical (unpaired) electrons. The Balaban J connectivity index is 2.68. The molecule has 0 N–H and O–H groups in total. The van der Waals surface area contributed by atoms with Gasteiger partial charge in [0.15, 0.2) is 0 Å². The summed E-state index contributed by atoms with van der Waals surface area (Å²) in [5, 5.41) is 0. The zero-order valence-corrected chi connectivity index (χ0v) is 16.5. The van der Waals surface area contributed by atoms with Crippen LogP contribution in [0.4, 0.5) is 0 Å². The maximum Gasteiger partial charge on any atom is 0.285 e. The average molecular weight is 385 g/mol. The number of sulfonamides is 1. The van der Waals surface area contributed by atoms with Crippen LogP contribution in [0.2, 0.25) is 0 Å². The lowest BCUT2D eigenvalue weighted by atomic mass is 9.93. The molecule has 0 saturated heterocycles. The van der Waals surface area contributed by atoms with Crippen molar-refractivity contribution in [2.24, 2.45) is 4.40 Å². The molecule has 7 heteroatoms. The van der Waals surface area contributed by atoms with Crippen LogP contribution in [0.25, 0.3) is 0 Å². The Morgan fingerprint density at radius 2 is 1.88 bits per heavy atom. The number of benzene rings is 1. The van der Waals surface area contributed by atoms with Crippen LogP contribution in [0, 0.1) is 6.92 Å². The summed E-state index contributed by atoms with van der Waals surface area (Å²) in [7, 11) is -3.75. The van der Waals surface area contributed by atoms with E-state index in [0.29, 0.717) is 11.3 Å². The van der Waals surface area contributed by atoms with Gasteiger partial charge in [0.25, 0.3) is 10.0 Å². The number of halogens is 1. The van der Waals surface area contributed by atoms with Gasteiger partial charge in [0.2, 0.25) is 4.80 Å². The van der Waals surface area contributed by atoms with Crippen molar-refractivity contribution < 1.29 is 8.42 Å². The lowest BCUT2D eigenvalue weighted by Gasteiger charge is -2.17. The van der Waals surface area contributed by atoms with Crippen molar-refractivity contribution in [3.63, 3.8) is 0 Å². The summed E-state index contributed by atoms with van der Waals surface area (Å²) in [6.07, 6.45) is 1.77. The number of hydrogen-bond donors (Lipinski definition) is 0. The van der Waals surface area contributed by atoms with E-state index in [9.17, 15) is 8.42 Å². The van der Waals surface area contributed by atoms with Gasteiger partial charge in [-0.3, -0.25) is 0 Å². The molecule has 0 amide bonds. The van der Waals surface area contributed by atoms with Gasteiger partial charge in [-0.2, -0.15) is 8.42 Å². The average Bonchev–Trinajstić information content (AvgIpc) is 2.82. The van der Waals surface area contributed by atoms with Gasteiger partial charge in [-0.05, 0) is 24.5 Å². The highest BCUT2D eigenvalue weighted by atomic mass is 35.5. The van der Waals surface area contributed by atoms with E-state index in [1.807, 2.05) is 11.5 Å². The Hall–Kier alpha value is -1.37. The van der Waals surface area contributed by atoms with Gasteiger partial charge >= 0.3 is 0 Å². The fraction of sp³-hybridized carbons (Fsp3) is 0.353. The van der Waals surface area contributed by atoms with Crippen LogP contribution in [0.3, 0.4) is 0 Å². The van der Waals surface area contributed by atoms with Crippen LogP contribution in [0.1, 0.15) is 31.3 Å². The Morgan fingerprint density at radius 3 is 2.42 bits per heavy atom. The zero-order valence-electron chi connectivity index (χ0n) is 14.2. The fourth-order valence-electron chi connectivity index (χ4n) is 2.36. The molecule has 2 rings (SSSR count). The van der Waals surface area contributed by atoms with Gasteiger partial charge in [0, 0.05) is 22.7 Å². The predicted molar refractivity (Wildman–Crippen MR) is 99.9 cm³/mol. The van der Waals surface area contributed by atoms with Crippen LogP contribution in [0.15, 0.2) is 51.2 Å². The molecular weight excluding hydrogens is 364 g/mol. The molecular formula is C17H21ClN2O2S2. The van der Waals surface area contributed by atoms with Gasteiger partial charge < -0.3 is 4.57 Å². The van der Waals surface area contributed by atoms with Crippen molar-refractivity contribution in [2.45, 2.75) is 44.6 Å². The number of aromatic nitrogens is 1. The van der Waals surface area contributed by atoms with E-state index in [1.54, 1.807) is 36.4 Å². The molecule has 0 aliphatic rings. The third-order valence-corrected chi connectivity index (χ3v) is 6.64. The quantitative estimate of drug-likeness (QED) is 0.793. The first kappa shape index (κ1) is 19.0. The molecule has 0 saturated carbocycles. The molecule has 1 aromatic heterocycles. The second-order valence-corrected chi connectivity index (χ2v) is 9.23. The highest BCUT2D eigenvalue weighted by Gasteiger charge is 2.22. The van der Waals surface area contributed by atoms with Crippen molar-refractivity contribution in [1.82, 2.24) is 4.57 Å². The van der Waals surface area contributed by atoms with Crippen LogP contribution in [-0.4, -0.2) is 13.0 Å². The normalized spacial score (nSPS) is 13.8. The summed E-state index contributed by atoms with van der Waals surface area (Å²) in [6, 6.07) is 8.25. The molecule has 0 atom stereocenters. The van der Waals surface area contributed by atoms with Crippen molar-refractivity contribution in [2.75, 3.05) is 0 Å². The third-order valence-electron chi connectivity index (χ3n) is 3.46. The van der Waals surface area contributed by atoms with E-state index in [0.717, 1.165) is 10.6 Å². The first-order chi connectivity index (χ1) is 11.2. The Kier molecular flexibility index (Phi) is 5.73. The Bertz CT molecular complexity index is 902. The SMILES string of the molecule is Cc1c(C(C)(C)C)sc(=NS(=O)(=O)c2ccccc2)n1CC=CCl. The second-order valence-electron chi connectivity index (χ2n) is 6.40. The molecule has 4 nitrogen and oxygen atoms in total. The van der Waals surface area contributed by atoms with Crippen molar-refractivity contribution in [3.8, 4) is 0 Å². The van der Waals surface area contributed by atoms with Crippen molar-refractivity contribution in [3.05, 3.63) is 57.3 Å². The van der Waals surface area contributed by atoms with E-state index in [-0.39, 0.29) is 10.3 Å². The minimum Gasteiger partial charge on any atom is -0.316 e. The van der Waals surface area contributed by atoms with Crippen molar-refractivity contribution >= 4 is 33.0 Å². The molecule has 1 heterocycles. The summed E-state index contributed by atoms with van der Waals surface area (Å²) in [5.41, 5.74) is 2.34. The smallest absolute Gasteiger partial charge is 0.285 e. The maximum atomic E-state index is 12.6. The van der Waals surface area contributed by atoms with E-state index in [2.05, 4.69) is 25.2 Å². The molecule has 130 valence electrons. The molecule has 0 aliphatic carbocycles. The summed E-state index contributed by atoms with van der Waals surface area (Å²) < 4.78 is 31.1. The fourth-order valence-corrected chi connectivity index (χ4v) is 4.86. The molecule has 0 bridgehead atoms. The predicted octanol–water partition coefficient (Wildman–Crippen LogP) is 4.20. The number of nitrogens with zero attached hydrogens (tertiary/aromatic N) is 2. The largest absolute Gasteiger partial charge is 0.316 e. The molecule has 0 unspecified atom stereocenters. The highest BCUT2D eigenvalue weighted by molar-refractivity contribution is 7.90. The molecule has 1 aromatic carbocycles. The van der Waals surface area contributed by atoms with Crippen LogP contribution >= 0.6 is 22.9 Å². The summed E-state index contributed by atoms with van der Waals surface area (Å²) in [5.74, 6) is 0. The zero-order chi connectivity index (χ0) is 18.0. The monoisotopic (exact) mass is 384 g/mol. The van der Waals surface area contributed by atoms with Gasteiger partial charge in [-0.15, -0.1) is 15.7 Å². The van der Waals surface area contributed by atoms with Gasteiger partial charge in [-0.1, -0.05) is 56.6 Å². The lowest BCUT2D eigenvalue weighted by Crippen LogP contribution is -2.18. The summed E-state index contributed by atoms with van der Waals surface area (Å²) in [6.45, 7) is 8.76. The molecule has 0 aliphatic heterocycles. The minimum atomic E-state index is -3.75. The van der Waals surface area contributed by atoms with Crippen molar-refractivity contribution in [1.29, 1.82) is 0 Å². The van der Waals surface area contributed by atoms with Gasteiger partial charge in [0.1, 0.15) is 0 Å². The molecule has 0 spiro atoms. The number of thiazole rings is 1. The van der Waals surface area contributed by atoms with Gasteiger partial charge in [0.05, 0.1) is 4.90 Å². The van der Waals surface area contributed by atoms with E-state index >= 15 is 0 Å².